The molecule has 182 valence electrons. The first-order valence-electron chi connectivity index (χ1n) is 10.8. The SMILES string of the molecule is COC(=O)[C@@H](Cc1ccccc1)NC(=O)[C@@H](CCCN=C(N)N)NC(=O)OCc1ccccc1. The summed E-state index contributed by atoms with van der Waals surface area (Å²) in [4.78, 5) is 41.6. The van der Waals surface area contributed by atoms with Gasteiger partial charge in [0.1, 0.15) is 18.7 Å². The van der Waals surface area contributed by atoms with Gasteiger partial charge in [0.2, 0.25) is 5.91 Å². The minimum atomic E-state index is -0.972. The molecule has 0 bridgehead atoms. The van der Waals surface area contributed by atoms with Crippen molar-refractivity contribution in [1.82, 2.24) is 10.6 Å². The van der Waals surface area contributed by atoms with E-state index in [-0.39, 0.29) is 32.0 Å². The van der Waals surface area contributed by atoms with E-state index in [9.17, 15) is 14.4 Å². The van der Waals surface area contributed by atoms with E-state index in [1.807, 2.05) is 60.7 Å². The molecule has 2 aromatic carbocycles. The second-order valence-electron chi connectivity index (χ2n) is 7.48. The van der Waals surface area contributed by atoms with Gasteiger partial charge in [-0.15, -0.1) is 0 Å². The quantitative estimate of drug-likeness (QED) is 0.157. The molecule has 2 atom stereocenters. The number of alkyl carbamates (subject to hydrolysis) is 1. The highest BCUT2D eigenvalue weighted by Crippen LogP contribution is 2.07. The van der Waals surface area contributed by atoms with Crippen LogP contribution in [0, 0.1) is 0 Å². The van der Waals surface area contributed by atoms with Crippen LogP contribution in [0.5, 0.6) is 0 Å². The van der Waals surface area contributed by atoms with E-state index in [1.54, 1.807) is 0 Å². The molecule has 0 aliphatic carbocycles. The number of carbonyl (C=O) groups is 3. The monoisotopic (exact) mass is 469 g/mol. The molecule has 0 unspecified atom stereocenters. The number of hydrogen-bond acceptors (Lipinski definition) is 6. The van der Waals surface area contributed by atoms with Crippen LogP contribution in [-0.4, -0.2) is 49.7 Å². The van der Waals surface area contributed by atoms with E-state index >= 15 is 0 Å². The molecule has 0 radical (unpaired) electrons. The van der Waals surface area contributed by atoms with Gasteiger partial charge in [-0.25, -0.2) is 9.59 Å². The maximum atomic E-state index is 13.0. The van der Waals surface area contributed by atoms with Crippen LogP contribution in [0.3, 0.4) is 0 Å². The third-order valence-electron chi connectivity index (χ3n) is 4.85. The van der Waals surface area contributed by atoms with Crippen molar-refractivity contribution in [2.45, 2.75) is 38.0 Å². The molecule has 0 aromatic heterocycles. The number of aliphatic imine (C=N–C) groups is 1. The zero-order valence-corrected chi connectivity index (χ0v) is 19.1. The Kier molecular flexibility index (Phi) is 10.9. The molecule has 2 rings (SSSR count). The van der Waals surface area contributed by atoms with E-state index in [0.29, 0.717) is 6.42 Å². The van der Waals surface area contributed by atoms with Gasteiger partial charge >= 0.3 is 12.1 Å². The summed E-state index contributed by atoms with van der Waals surface area (Å²) in [6.07, 6.45) is 0.112. The fourth-order valence-electron chi connectivity index (χ4n) is 3.14. The van der Waals surface area contributed by atoms with Crippen molar-refractivity contribution in [2.75, 3.05) is 13.7 Å². The fourth-order valence-corrected chi connectivity index (χ4v) is 3.14. The summed E-state index contributed by atoms with van der Waals surface area (Å²) < 4.78 is 10.1. The molecule has 10 heteroatoms. The number of nitrogens with two attached hydrogens (primary N) is 2. The predicted molar refractivity (Wildman–Crippen MR) is 128 cm³/mol. The van der Waals surface area contributed by atoms with Crippen molar-refractivity contribution < 1.29 is 23.9 Å². The van der Waals surface area contributed by atoms with E-state index in [2.05, 4.69) is 15.6 Å². The van der Waals surface area contributed by atoms with Crippen molar-refractivity contribution in [3.05, 3.63) is 71.8 Å². The first kappa shape index (κ1) is 26.2. The Bertz CT molecular complexity index is 949. The maximum absolute atomic E-state index is 13.0. The molecule has 0 saturated carbocycles. The maximum Gasteiger partial charge on any atom is 0.408 e. The number of amides is 2. The third-order valence-corrected chi connectivity index (χ3v) is 4.85. The second-order valence-corrected chi connectivity index (χ2v) is 7.48. The Labute approximate surface area is 198 Å². The number of rotatable bonds is 12. The van der Waals surface area contributed by atoms with Crippen LogP contribution in [0.25, 0.3) is 0 Å². The van der Waals surface area contributed by atoms with E-state index in [1.165, 1.54) is 7.11 Å². The molecule has 6 N–H and O–H groups in total. The number of methoxy groups -OCH3 is 1. The van der Waals surface area contributed by atoms with Crippen LogP contribution < -0.4 is 22.1 Å². The van der Waals surface area contributed by atoms with E-state index in [0.717, 1.165) is 11.1 Å². The highest BCUT2D eigenvalue weighted by molar-refractivity contribution is 5.89. The molecule has 0 fully saturated rings. The molecular weight excluding hydrogens is 438 g/mol. The van der Waals surface area contributed by atoms with Crippen molar-refractivity contribution in [1.29, 1.82) is 0 Å². The summed E-state index contributed by atoms with van der Waals surface area (Å²) in [5.74, 6) is -1.21. The number of nitrogens with one attached hydrogen (secondary N) is 2. The van der Waals surface area contributed by atoms with Gasteiger partial charge in [0, 0.05) is 13.0 Å². The van der Waals surface area contributed by atoms with Gasteiger partial charge in [-0.2, -0.15) is 0 Å². The third kappa shape index (κ3) is 9.60. The van der Waals surface area contributed by atoms with Crippen molar-refractivity contribution in [2.24, 2.45) is 16.5 Å². The molecular formula is C24H31N5O5. The van der Waals surface area contributed by atoms with Crippen molar-refractivity contribution >= 4 is 23.9 Å². The average Bonchev–Trinajstić information content (AvgIpc) is 2.84. The van der Waals surface area contributed by atoms with Gasteiger partial charge in [-0.1, -0.05) is 60.7 Å². The number of guanidine groups is 1. The Morgan fingerprint density at radius 2 is 1.53 bits per heavy atom. The van der Waals surface area contributed by atoms with Gasteiger partial charge in [0.15, 0.2) is 5.96 Å². The summed E-state index contributed by atoms with van der Waals surface area (Å²) in [6, 6.07) is 16.5. The van der Waals surface area contributed by atoms with Crippen molar-refractivity contribution in [3.63, 3.8) is 0 Å². The summed E-state index contributed by atoms with van der Waals surface area (Å²) in [7, 11) is 1.25. The zero-order chi connectivity index (χ0) is 24.8. The zero-order valence-electron chi connectivity index (χ0n) is 19.1. The molecule has 10 nitrogen and oxygen atoms in total. The van der Waals surface area contributed by atoms with E-state index < -0.39 is 30.1 Å². The van der Waals surface area contributed by atoms with Crippen LogP contribution >= 0.6 is 0 Å². The standard InChI is InChI=1S/C24H31N5O5/c1-33-22(31)20(15-17-9-4-2-5-10-17)28-21(30)19(13-8-14-27-23(25)26)29-24(32)34-16-18-11-6-3-7-12-18/h2-7,9-12,19-20H,8,13-16H2,1H3,(H,28,30)(H,29,32)(H4,25,26,27)/t19-,20-/m1/s1. The molecule has 0 saturated heterocycles. The molecule has 2 aromatic rings. The van der Waals surface area contributed by atoms with Gasteiger partial charge in [-0.05, 0) is 24.0 Å². The first-order valence-corrected chi connectivity index (χ1v) is 10.8. The lowest BCUT2D eigenvalue weighted by Crippen LogP contribution is -2.52. The molecule has 2 amide bonds. The van der Waals surface area contributed by atoms with Gasteiger partial charge in [0.05, 0.1) is 7.11 Å². The molecule has 34 heavy (non-hydrogen) atoms. The Morgan fingerprint density at radius 1 is 0.912 bits per heavy atom. The average molecular weight is 470 g/mol. The number of nitrogens with zero attached hydrogens (tertiary/aromatic N) is 1. The van der Waals surface area contributed by atoms with Crippen LogP contribution in [0.4, 0.5) is 4.79 Å². The van der Waals surface area contributed by atoms with Crippen LogP contribution in [-0.2, 0) is 32.1 Å². The normalized spacial score (nSPS) is 12.0. The van der Waals surface area contributed by atoms with Gasteiger partial charge < -0.3 is 31.6 Å². The van der Waals surface area contributed by atoms with Crippen molar-refractivity contribution in [3.8, 4) is 0 Å². The Hall–Kier alpha value is -4.08. The molecule has 0 spiro atoms. The number of carbonyl (C=O) groups excluding carboxylic acids is 3. The summed E-state index contributed by atoms with van der Waals surface area (Å²) in [5, 5.41) is 5.24. The van der Waals surface area contributed by atoms with Gasteiger partial charge in [-0.3, -0.25) is 9.79 Å². The van der Waals surface area contributed by atoms with Gasteiger partial charge in [0.25, 0.3) is 0 Å². The lowest BCUT2D eigenvalue weighted by atomic mass is 10.0. The van der Waals surface area contributed by atoms with Crippen LogP contribution in [0.1, 0.15) is 24.0 Å². The number of esters is 1. The largest absolute Gasteiger partial charge is 0.467 e. The number of benzene rings is 2. The molecule has 0 aliphatic rings. The minimum Gasteiger partial charge on any atom is -0.467 e. The molecule has 0 heterocycles. The molecule has 0 aliphatic heterocycles. The summed E-state index contributed by atoms with van der Waals surface area (Å²) in [5.41, 5.74) is 12.3. The lowest BCUT2D eigenvalue weighted by Gasteiger charge is -2.22. The second kappa shape index (κ2) is 14.1. The summed E-state index contributed by atoms with van der Waals surface area (Å²) >= 11 is 0. The minimum absolute atomic E-state index is 0.0494. The Morgan fingerprint density at radius 3 is 2.12 bits per heavy atom. The highest BCUT2D eigenvalue weighted by Gasteiger charge is 2.27. The summed E-state index contributed by atoms with van der Waals surface area (Å²) in [6.45, 7) is 0.325. The number of hydrogen-bond donors (Lipinski definition) is 4. The predicted octanol–water partition coefficient (Wildman–Crippen LogP) is 1.24. The van der Waals surface area contributed by atoms with Crippen LogP contribution in [0.15, 0.2) is 65.7 Å². The first-order chi connectivity index (χ1) is 16.4. The van der Waals surface area contributed by atoms with Crippen LogP contribution in [0.2, 0.25) is 0 Å². The smallest absolute Gasteiger partial charge is 0.408 e. The topological polar surface area (TPSA) is 158 Å². The fraction of sp³-hybridized carbons (Fsp3) is 0.333. The lowest BCUT2D eigenvalue weighted by molar-refractivity contribution is -0.145. The highest BCUT2D eigenvalue weighted by atomic mass is 16.5. The van der Waals surface area contributed by atoms with E-state index in [4.69, 9.17) is 20.9 Å². The number of ether oxygens (including phenoxy) is 2. The Balaban J connectivity index is 2.04.